The lowest BCUT2D eigenvalue weighted by Crippen LogP contribution is -1.97. The molecule has 0 aliphatic heterocycles. The van der Waals surface area contributed by atoms with Gasteiger partial charge in [-0.2, -0.15) is 29.9 Å². The Morgan fingerprint density at radius 1 is 0.409 bits per heavy atom. The summed E-state index contributed by atoms with van der Waals surface area (Å²) in [5.41, 5.74) is 4.38. The summed E-state index contributed by atoms with van der Waals surface area (Å²) in [6.45, 7) is 0. The van der Waals surface area contributed by atoms with Gasteiger partial charge in [0.15, 0.2) is 16.7 Å². The van der Waals surface area contributed by atoms with Gasteiger partial charge in [0.25, 0.3) is 16.6 Å². The van der Waals surface area contributed by atoms with Crippen molar-refractivity contribution in [3.63, 3.8) is 0 Å². The number of para-hydroxylation sites is 6. The molecular formula is C27H12BrCl4N9O3. The van der Waals surface area contributed by atoms with Crippen molar-refractivity contribution < 1.29 is 13.3 Å². The van der Waals surface area contributed by atoms with Gasteiger partial charge in [-0.25, -0.2) is 15.0 Å². The smallest absolute Gasteiger partial charge is 0.266 e. The van der Waals surface area contributed by atoms with Crippen LogP contribution in [-0.2, 0) is 0 Å². The third-order valence-corrected chi connectivity index (χ3v) is 6.42. The predicted molar refractivity (Wildman–Crippen MR) is 167 cm³/mol. The van der Waals surface area contributed by atoms with E-state index in [1.165, 1.54) is 0 Å². The third-order valence-electron chi connectivity index (χ3n) is 5.40. The number of hydrogen-bond donors (Lipinski definition) is 0. The van der Waals surface area contributed by atoms with Gasteiger partial charge in [0, 0.05) is 15.9 Å². The second-order valence-corrected chi connectivity index (χ2v) is 10.3. The number of benzene rings is 3. The van der Waals surface area contributed by atoms with E-state index in [-0.39, 0.29) is 44.6 Å². The predicted octanol–water partition coefficient (Wildman–Crippen LogP) is 8.56. The Morgan fingerprint density at radius 2 is 0.773 bits per heavy atom. The first-order valence-electron chi connectivity index (χ1n) is 12.2. The molecule has 0 saturated heterocycles. The first kappa shape index (κ1) is 29.8. The Labute approximate surface area is 274 Å². The highest BCUT2D eigenvalue weighted by molar-refractivity contribution is 9.10. The van der Waals surface area contributed by atoms with Crippen molar-refractivity contribution in [2.75, 3.05) is 0 Å². The molecule has 5 aromatic heterocycles. The highest BCUT2D eigenvalue weighted by Crippen LogP contribution is 2.26. The van der Waals surface area contributed by atoms with Crippen LogP contribution < -0.4 is 0 Å². The molecule has 0 amide bonds. The first-order valence-corrected chi connectivity index (χ1v) is 14.5. The van der Waals surface area contributed by atoms with Crippen LogP contribution in [0.2, 0.25) is 21.1 Å². The van der Waals surface area contributed by atoms with Gasteiger partial charge in [-0.3, -0.25) is 0 Å². The molecule has 0 aliphatic carbocycles. The van der Waals surface area contributed by atoms with Crippen molar-refractivity contribution in [2.24, 2.45) is 0 Å². The molecule has 0 N–H and O–H groups in total. The first-order chi connectivity index (χ1) is 21.3. The van der Waals surface area contributed by atoms with Gasteiger partial charge in [0.2, 0.25) is 32.8 Å². The molecule has 0 saturated carbocycles. The highest BCUT2D eigenvalue weighted by Gasteiger charge is 2.18. The number of nitrogens with zero attached hydrogens (tertiary/aromatic N) is 9. The number of fused-ring (bicyclic) bond motifs is 3. The number of oxazole rings is 3. The molecule has 218 valence electrons. The summed E-state index contributed by atoms with van der Waals surface area (Å²) in [7, 11) is 0. The topological polar surface area (TPSA) is 155 Å². The SMILES string of the molecule is Brc1nc2ccccc2o1.Clc1nc(-c2nc3ccccc3o2)nc(-c2nc3ccccc3o2)n1.Clc1nc(Cl)nc(Cl)n1. The molecule has 0 spiro atoms. The average Bonchev–Trinajstić information content (AvgIpc) is 3.72. The zero-order chi connectivity index (χ0) is 30.6. The lowest BCUT2D eigenvalue weighted by atomic mass is 10.3. The summed E-state index contributed by atoms with van der Waals surface area (Å²) in [6, 6.07) is 22.4. The Bertz CT molecular complexity index is 2000. The number of halogens is 5. The van der Waals surface area contributed by atoms with Crippen LogP contribution in [0.5, 0.6) is 0 Å². The van der Waals surface area contributed by atoms with Crippen LogP contribution in [0.4, 0.5) is 0 Å². The summed E-state index contributed by atoms with van der Waals surface area (Å²) >= 11 is 25.2. The van der Waals surface area contributed by atoms with Crippen LogP contribution in [0.15, 0.2) is 90.8 Å². The van der Waals surface area contributed by atoms with Crippen LogP contribution in [0, 0.1) is 0 Å². The van der Waals surface area contributed by atoms with Crippen molar-refractivity contribution in [1.82, 2.24) is 44.9 Å². The van der Waals surface area contributed by atoms with E-state index < -0.39 is 0 Å². The van der Waals surface area contributed by atoms with Crippen LogP contribution in [0.25, 0.3) is 56.7 Å². The fourth-order valence-electron chi connectivity index (χ4n) is 3.62. The van der Waals surface area contributed by atoms with Crippen molar-refractivity contribution in [3.05, 3.63) is 98.7 Å². The molecule has 0 bridgehead atoms. The van der Waals surface area contributed by atoms with E-state index >= 15 is 0 Å². The maximum absolute atomic E-state index is 6.05. The molecule has 0 atom stereocenters. The van der Waals surface area contributed by atoms with Gasteiger partial charge in [-0.05, 0) is 82.8 Å². The number of aromatic nitrogens is 9. The Hall–Kier alpha value is -4.27. The maximum atomic E-state index is 6.05. The fraction of sp³-hybridized carbons (Fsp3) is 0. The van der Waals surface area contributed by atoms with Crippen LogP contribution in [0.3, 0.4) is 0 Å². The summed E-state index contributed by atoms with van der Waals surface area (Å²) in [4.78, 5) is 36.3. The minimum absolute atomic E-state index is 0.000000000000000444. The van der Waals surface area contributed by atoms with Crippen molar-refractivity contribution in [2.45, 2.75) is 0 Å². The van der Waals surface area contributed by atoms with Gasteiger partial charge in [0.05, 0.1) is 0 Å². The second kappa shape index (κ2) is 13.2. The second-order valence-electron chi connectivity index (χ2n) is 8.30. The van der Waals surface area contributed by atoms with Gasteiger partial charge >= 0.3 is 0 Å². The van der Waals surface area contributed by atoms with E-state index in [0.29, 0.717) is 27.0 Å². The van der Waals surface area contributed by atoms with Crippen LogP contribution >= 0.6 is 62.3 Å². The molecule has 0 fully saturated rings. The number of rotatable bonds is 2. The summed E-state index contributed by atoms with van der Waals surface area (Å²) < 4.78 is 16.5. The van der Waals surface area contributed by atoms with E-state index in [1.54, 1.807) is 0 Å². The molecule has 17 heteroatoms. The van der Waals surface area contributed by atoms with E-state index in [4.69, 9.17) is 59.7 Å². The van der Waals surface area contributed by atoms with Crippen molar-refractivity contribution in [1.29, 1.82) is 0 Å². The lowest BCUT2D eigenvalue weighted by molar-refractivity contribution is 0.570. The Kier molecular flexibility index (Phi) is 8.91. The molecule has 5 heterocycles. The average molecular weight is 732 g/mol. The van der Waals surface area contributed by atoms with E-state index in [2.05, 4.69) is 60.8 Å². The quantitative estimate of drug-likeness (QED) is 0.167. The summed E-state index contributed by atoms with van der Waals surface area (Å²) in [5, 5.41) is 0.00418. The van der Waals surface area contributed by atoms with Crippen molar-refractivity contribution in [3.8, 4) is 23.4 Å². The normalized spacial score (nSPS) is 10.8. The van der Waals surface area contributed by atoms with Gasteiger partial charge in [0.1, 0.15) is 16.6 Å². The van der Waals surface area contributed by atoms with E-state index in [9.17, 15) is 0 Å². The van der Waals surface area contributed by atoms with Crippen LogP contribution in [-0.4, -0.2) is 44.9 Å². The molecule has 0 unspecified atom stereocenters. The van der Waals surface area contributed by atoms with E-state index in [1.807, 2.05) is 72.8 Å². The zero-order valence-electron chi connectivity index (χ0n) is 21.6. The Morgan fingerprint density at radius 3 is 1.18 bits per heavy atom. The minimum Gasteiger partial charge on any atom is -0.434 e. The fourth-order valence-corrected chi connectivity index (χ4v) is 4.76. The van der Waals surface area contributed by atoms with Crippen molar-refractivity contribution >= 4 is 95.6 Å². The summed E-state index contributed by atoms with van der Waals surface area (Å²) in [5.74, 6) is 0.938. The maximum Gasteiger partial charge on any atom is 0.266 e. The molecule has 0 radical (unpaired) electrons. The molecule has 12 nitrogen and oxygen atoms in total. The molecule has 44 heavy (non-hydrogen) atoms. The Balaban J connectivity index is 0.000000147. The van der Waals surface area contributed by atoms with Crippen LogP contribution in [0.1, 0.15) is 0 Å². The van der Waals surface area contributed by atoms with Gasteiger partial charge < -0.3 is 13.3 Å². The standard InChI is InChI=1S/C17H8ClN5O2.C7H4BrNO.C3Cl3N3/c18-17-22-13(15-19-9-5-1-3-7-11(9)24-15)21-14(23-17)16-20-10-6-2-4-8-12(10)25-16;8-7-9-5-3-1-2-4-6(5)10-7;4-1-7-2(5)9-3(6)8-1/h1-8H;1-4H;. The highest BCUT2D eigenvalue weighted by atomic mass is 79.9. The number of hydrogen-bond acceptors (Lipinski definition) is 12. The van der Waals surface area contributed by atoms with E-state index in [0.717, 1.165) is 11.1 Å². The molecule has 8 rings (SSSR count). The third kappa shape index (κ3) is 7.09. The molecule has 8 aromatic rings. The zero-order valence-corrected chi connectivity index (χ0v) is 26.2. The minimum atomic E-state index is 0.000000000000000444. The largest absolute Gasteiger partial charge is 0.434 e. The molecule has 3 aromatic carbocycles. The lowest BCUT2D eigenvalue weighted by Gasteiger charge is -1.98. The van der Waals surface area contributed by atoms with Gasteiger partial charge in [-0.1, -0.05) is 36.4 Å². The van der Waals surface area contributed by atoms with Gasteiger partial charge in [-0.15, -0.1) is 0 Å². The monoisotopic (exact) mass is 729 g/mol. The molecule has 0 aliphatic rings. The summed E-state index contributed by atoms with van der Waals surface area (Å²) in [6.07, 6.45) is 0. The molecular weight excluding hydrogens is 720 g/mol.